The van der Waals surface area contributed by atoms with Crippen molar-refractivity contribution in [3.63, 3.8) is 0 Å². The fourth-order valence-corrected chi connectivity index (χ4v) is 3.18. The second-order valence-corrected chi connectivity index (χ2v) is 6.29. The summed E-state index contributed by atoms with van der Waals surface area (Å²) in [6, 6.07) is 12.6. The summed E-state index contributed by atoms with van der Waals surface area (Å²) in [5.41, 5.74) is 1.54. The predicted molar refractivity (Wildman–Crippen MR) is 99.8 cm³/mol. The van der Waals surface area contributed by atoms with E-state index in [1.165, 1.54) is 0 Å². The van der Waals surface area contributed by atoms with Crippen LogP contribution in [0.25, 0.3) is 0 Å². The van der Waals surface area contributed by atoms with E-state index in [9.17, 15) is 4.79 Å². The Morgan fingerprint density at radius 2 is 1.92 bits per heavy atom. The molecule has 0 radical (unpaired) electrons. The van der Waals surface area contributed by atoms with Gasteiger partial charge in [0, 0.05) is 23.6 Å². The Labute approximate surface area is 154 Å². The Kier molecular flexibility index (Phi) is 5.78. The van der Waals surface area contributed by atoms with Crippen molar-refractivity contribution in [3.8, 4) is 11.5 Å². The highest BCUT2D eigenvalue weighted by atomic mass is 79.9. The summed E-state index contributed by atoms with van der Waals surface area (Å²) in [6.45, 7) is 3.01. The zero-order valence-electron chi connectivity index (χ0n) is 13.8. The molecule has 1 fully saturated rings. The zero-order valence-corrected chi connectivity index (χ0v) is 15.4. The lowest BCUT2D eigenvalue weighted by atomic mass is 10.2. The van der Waals surface area contributed by atoms with Crippen molar-refractivity contribution in [2.75, 3.05) is 43.6 Å². The fraction of sp³-hybridized carbons (Fsp3) is 0.278. The van der Waals surface area contributed by atoms with E-state index in [2.05, 4.69) is 26.1 Å². The highest BCUT2D eigenvalue weighted by Crippen LogP contribution is 2.37. The molecule has 1 saturated heterocycles. The fourth-order valence-electron chi connectivity index (χ4n) is 2.59. The van der Waals surface area contributed by atoms with Crippen LogP contribution in [0.15, 0.2) is 46.9 Å². The molecule has 7 heteroatoms. The molecule has 0 atom stereocenters. The third-order valence-corrected chi connectivity index (χ3v) is 4.45. The van der Waals surface area contributed by atoms with Crippen LogP contribution in [-0.2, 0) is 4.74 Å². The monoisotopic (exact) mass is 406 g/mol. The third-order valence-electron chi connectivity index (χ3n) is 3.81. The highest BCUT2D eigenvalue weighted by molar-refractivity contribution is 9.10. The average Bonchev–Trinajstić information content (AvgIpc) is 2.63. The Balaban J connectivity index is 1.76. The number of hydrogen-bond acceptors (Lipinski definition) is 5. The molecule has 132 valence electrons. The van der Waals surface area contributed by atoms with E-state index in [0.29, 0.717) is 30.4 Å². The molecular formula is C18H19BrN2O4. The van der Waals surface area contributed by atoms with Gasteiger partial charge in [-0.2, -0.15) is 0 Å². The van der Waals surface area contributed by atoms with Gasteiger partial charge in [0.2, 0.25) is 0 Å². The van der Waals surface area contributed by atoms with E-state index in [-0.39, 0.29) is 0 Å². The van der Waals surface area contributed by atoms with Crippen LogP contribution in [0.5, 0.6) is 11.5 Å². The van der Waals surface area contributed by atoms with Gasteiger partial charge in [-0.25, -0.2) is 4.79 Å². The molecule has 0 unspecified atom stereocenters. The largest absolute Gasteiger partial charge is 0.494 e. The first-order valence-electron chi connectivity index (χ1n) is 7.91. The lowest BCUT2D eigenvalue weighted by Crippen LogP contribution is -2.36. The van der Waals surface area contributed by atoms with Gasteiger partial charge in [-0.1, -0.05) is 18.2 Å². The summed E-state index contributed by atoms with van der Waals surface area (Å²) < 4.78 is 16.9. The van der Waals surface area contributed by atoms with Crippen LogP contribution < -0.4 is 19.7 Å². The van der Waals surface area contributed by atoms with Crippen molar-refractivity contribution < 1.29 is 19.0 Å². The molecule has 1 aliphatic rings. The van der Waals surface area contributed by atoms with Crippen LogP contribution in [0.4, 0.5) is 16.2 Å². The van der Waals surface area contributed by atoms with Gasteiger partial charge in [-0.05, 0) is 34.1 Å². The topological polar surface area (TPSA) is 60.0 Å². The van der Waals surface area contributed by atoms with Gasteiger partial charge in [0.1, 0.15) is 11.5 Å². The van der Waals surface area contributed by atoms with E-state index >= 15 is 0 Å². The number of rotatable bonds is 4. The Hall–Kier alpha value is -2.25. The minimum Gasteiger partial charge on any atom is -0.494 e. The van der Waals surface area contributed by atoms with Crippen molar-refractivity contribution in [1.82, 2.24) is 0 Å². The van der Waals surface area contributed by atoms with E-state index in [0.717, 1.165) is 23.2 Å². The molecule has 6 nitrogen and oxygen atoms in total. The summed E-state index contributed by atoms with van der Waals surface area (Å²) in [4.78, 5) is 14.3. The van der Waals surface area contributed by atoms with Gasteiger partial charge in [-0.15, -0.1) is 0 Å². The molecule has 3 rings (SSSR count). The molecule has 25 heavy (non-hydrogen) atoms. The minimum absolute atomic E-state index is 0.475. The molecule has 0 spiro atoms. The molecule has 0 aromatic heterocycles. The third kappa shape index (κ3) is 4.43. The number of amides is 1. The predicted octanol–water partition coefficient (Wildman–Crippen LogP) is 3.91. The minimum atomic E-state index is -0.574. The second kappa shape index (κ2) is 8.22. The SMILES string of the molecule is COc1cc(N2CCOCC2)c(Br)cc1NC(=O)Oc1ccccc1. The van der Waals surface area contributed by atoms with E-state index in [1.54, 1.807) is 31.4 Å². The molecular weight excluding hydrogens is 388 g/mol. The number of ether oxygens (including phenoxy) is 3. The lowest BCUT2D eigenvalue weighted by Gasteiger charge is -2.30. The first kappa shape index (κ1) is 17.6. The van der Waals surface area contributed by atoms with Crippen molar-refractivity contribution in [1.29, 1.82) is 0 Å². The van der Waals surface area contributed by atoms with E-state index in [1.807, 2.05) is 18.2 Å². The molecule has 1 N–H and O–H groups in total. The maximum absolute atomic E-state index is 12.1. The number of morpholine rings is 1. The molecule has 0 saturated carbocycles. The Morgan fingerprint density at radius 3 is 2.60 bits per heavy atom. The van der Waals surface area contributed by atoms with Gasteiger partial charge in [0.05, 0.1) is 31.7 Å². The summed E-state index contributed by atoms with van der Waals surface area (Å²) in [5.74, 6) is 1.04. The molecule has 0 bridgehead atoms. The summed E-state index contributed by atoms with van der Waals surface area (Å²) >= 11 is 3.57. The number of para-hydroxylation sites is 1. The van der Waals surface area contributed by atoms with Crippen LogP contribution in [0.2, 0.25) is 0 Å². The van der Waals surface area contributed by atoms with Gasteiger partial charge >= 0.3 is 6.09 Å². The standard InChI is InChI=1S/C18H19BrN2O4/c1-23-17-12-16(21-7-9-24-10-8-21)14(19)11-15(17)20-18(22)25-13-5-3-2-4-6-13/h2-6,11-12H,7-10H2,1H3,(H,20,22). The van der Waals surface area contributed by atoms with Crippen LogP contribution in [0.1, 0.15) is 0 Å². The second-order valence-electron chi connectivity index (χ2n) is 5.43. The maximum atomic E-state index is 12.1. The smallest absolute Gasteiger partial charge is 0.417 e. The first-order chi connectivity index (χ1) is 12.2. The van der Waals surface area contributed by atoms with Crippen LogP contribution >= 0.6 is 15.9 Å². The molecule has 2 aromatic rings. The van der Waals surface area contributed by atoms with Crippen molar-refractivity contribution in [3.05, 3.63) is 46.9 Å². The normalized spacial score (nSPS) is 14.1. The summed E-state index contributed by atoms with van der Waals surface area (Å²) in [5, 5.41) is 2.72. The molecule has 1 amide bonds. The van der Waals surface area contributed by atoms with Gasteiger partial charge < -0.3 is 19.1 Å². The first-order valence-corrected chi connectivity index (χ1v) is 8.71. The number of carbonyl (C=O) groups is 1. The number of anilines is 2. The quantitative estimate of drug-likeness (QED) is 0.833. The number of carbonyl (C=O) groups excluding carboxylic acids is 1. The van der Waals surface area contributed by atoms with Gasteiger partial charge in [0.15, 0.2) is 0 Å². The number of benzene rings is 2. The lowest BCUT2D eigenvalue weighted by molar-refractivity contribution is 0.122. The van der Waals surface area contributed by atoms with Crippen LogP contribution in [-0.4, -0.2) is 39.5 Å². The number of nitrogens with zero attached hydrogens (tertiary/aromatic N) is 1. The van der Waals surface area contributed by atoms with Crippen molar-refractivity contribution >= 4 is 33.4 Å². The number of methoxy groups -OCH3 is 1. The zero-order chi connectivity index (χ0) is 17.6. The molecule has 0 aliphatic carbocycles. The summed E-state index contributed by atoms with van der Waals surface area (Å²) in [7, 11) is 1.57. The molecule has 1 aliphatic heterocycles. The van der Waals surface area contributed by atoms with Crippen LogP contribution in [0.3, 0.4) is 0 Å². The average molecular weight is 407 g/mol. The van der Waals surface area contributed by atoms with Crippen LogP contribution in [0, 0.1) is 0 Å². The molecule has 1 heterocycles. The Morgan fingerprint density at radius 1 is 1.20 bits per heavy atom. The number of nitrogens with one attached hydrogen (secondary N) is 1. The highest BCUT2D eigenvalue weighted by Gasteiger charge is 2.18. The van der Waals surface area contributed by atoms with Crippen molar-refractivity contribution in [2.24, 2.45) is 0 Å². The van der Waals surface area contributed by atoms with E-state index < -0.39 is 6.09 Å². The number of hydrogen-bond donors (Lipinski definition) is 1. The van der Waals surface area contributed by atoms with Gasteiger partial charge in [0.25, 0.3) is 0 Å². The summed E-state index contributed by atoms with van der Waals surface area (Å²) in [6.07, 6.45) is -0.574. The van der Waals surface area contributed by atoms with Crippen molar-refractivity contribution in [2.45, 2.75) is 0 Å². The maximum Gasteiger partial charge on any atom is 0.417 e. The van der Waals surface area contributed by atoms with Gasteiger partial charge in [-0.3, -0.25) is 5.32 Å². The Bertz CT molecular complexity index is 733. The van der Waals surface area contributed by atoms with E-state index in [4.69, 9.17) is 14.2 Å². The number of halogens is 1. The molecule has 2 aromatic carbocycles.